The van der Waals surface area contributed by atoms with Crippen LogP contribution >= 0.6 is 49.9 Å². The number of nitrogens with one attached hydrogen (secondary N) is 1. The van der Waals surface area contributed by atoms with E-state index in [4.69, 9.17) is 5.26 Å². The van der Waals surface area contributed by atoms with Gasteiger partial charge in [-0.15, -0.1) is 11.3 Å². The Bertz CT molecular complexity index is 574. The van der Waals surface area contributed by atoms with E-state index in [1.165, 1.54) is 14.9 Å². The molecule has 0 aliphatic rings. The Kier molecular flexibility index (Phi) is 4.42. The summed E-state index contributed by atoms with van der Waals surface area (Å²) in [7, 11) is 0. The van der Waals surface area contributed by atoms with Gasteiger partial charge >= 0.3 is 0 Å². The maximum Gasteiger partial charge on any atom is 0.110 e. The van der Waals surface area contributed by atoms with E-state index < -0.39 is 0 Å². The van der Waals surface area contributed by atoms with Crippen molar-refractivity contribution in [2.24, 2.45) is 0 Å². The molecule has 2 aromatic rings. The van der Waals surface area contributed by atoms with Crippen molar-refractivity contribution >= 4 is 55.5 Å². The first-order chi connectivity index (χ1) is 8.19. The van der Waals surface area contributed by atoms with Gasteiger partial charge in [0.15, 0.2) is 0 Å². The molecule has 0 bridgehead atoms. The normalized spacial score (nSPS) is 9.94. The number of hydrogen-bond donors (Lipinski definition) is 1. The smallest absolute Gasteiger partial charge is 0.110 e. The fraction of sp³-hybridized carbons (Fsp3) is 0.0833. The molecule has 0 amide bonds. The second-order valence-electron chi connectivity index (χ2n) is 3.36. The van der Waals surface area contributed by atoms with Gasteiger partial charge < -0.3 is 5.32 Å². The summed E-state index contributed by atoms with van der Waals surface area (Å²) in [6.07, 6.45) is 0. The number of rotatable bonds is 3. The fourth-order valence-electron chi connectivity index (χ4n) is 1.33. The SMILES string of the molecule is N#Cc1ccc(CNc2ccc(I)c(Br)c2)s1. The molecule has 0 aliphatic heterocycles. The molecule has 86 valence electrons. The van der Waals surface area contributed by atoms with Crippen LogP contribution < -0.4 is 5.32 Å². The molecule has 0 unspecified atom stereocenters. The van der Waals surface area contributed by atoms with E-state index in [0.29, 0.717) is 0 Å². The van der Waals surface area contributed by atoms with E-state index in [1.54, 1.807) is 0 Å². The molecule has 0 radical (unpaired) electrons. The van der Waals surface area contributed by atoms with Crippen LogP contribution in [0.3, 0.4) is 0 Å². The van der Waals surface area contributed by atoms with Gasteiger partial charge in [-0.05, 0) is 68.9 Å². The first-order valence-corrected chi connectivity index (χ1v) is 7.55. The fourth-order valence-corrected chi connectivity index (χ4v) is 2.79. The van der Waals surface area contributed by atoms with Crippen molar-refractivity contribution < 1.29 is 0 Å². The summed E-state index contributed by atoms with van der Waals surface area (Å²) in [5, 5.41) is 12.1. The third-order valence-corrected chi connectivity index (χ3v) is 5.49. The molecule has 0 fully saturated rings. The van der Waals surface area contributed by atoms with Gasteiger partial charge in [-0.3, -0.25) is 0 Å². The second kappa shape index (κ2) is 5.85. The van der Waals surface area contributed by atoms with Gasteiger partial charge in [0.05, 0.1) is 0 Å². The highest BCUT2D eigenvalue weighted by Gasteiger charge is 2.01. The topological polar surface area (TPSA) is 35.8 Å². The lowest BCUT2D eigenvalue weighted by molar-refractivity contribution is 1.19. The van der Waals surface area contributed by atoms with Crippen LogP contribution in [0.25, 0.3) is 0 Å². The molecule has 0 aliphatic carbocycles. The van der Waals surface area contributed by atoms with E-state index in [0.717, 1.165) is 26.5 Å². The minimum atomic E-state index is 0.749. The third kappa shape index (κ3) is 3.44. The lowest BCUT2D eigenvalue weighted by Gasteiger charge is -2.06. The van der Waals surface area contributed by atoms with Crippen LogP contribution in [0.2, 0.25) is 0 Å². The third-order valence-electron chi connectivity index (χ3n) is 2.16. The van der Waals surface area contributed by atoms with Gasteiger partial charge in [-0.25, -0.2) is 0 Å². The Labute approximate surface area is 126 Å². The largest absolute Gasteiger partial charge is 0.380 e. The predicted molar refractivity (Wildman–Crippen MR) is 83.2 cm³/mol. The van der Waals surface area contributed by atoms with Crippen LogP contribution in [0.1, 0.15) is 9.75 Å². The van der Waals surface area contributed by atoms with Crippen molar-refractivity contribution in [2.45, 2.75) is 6.54 Å². The highest BCUT2D eigenvalue weighted by molar-refractivity contribution is 14.1. The Hall–Kier alpha value is -0.580. The number of hydrogen-bond acceptors (Lipinski definition) is 3. The summed E-state index contributed by atoms with van der Waals surface area (Å²) in [5.74, 6) is 0. The van der Waals surface area contributed by atoms with Crippen LogP contribution in [-0.4, -0.2) is 0 Å². The van der Waals surface area contributed by atoms with E-state index in [-0.39, 0.29) is 0 Å². The maximum absolute atomic E-state index is 8.74. The first kappa shape index (κ1) is 12.9. The van der Waals surface area contributed by atoms with Crippen LogP contribution in [0, 0.1) is 14.9 Å². The molecule has 0 atom stereocenters. The number of anilines is 1. The van der Waals surface area contributed by atoms with Crippen molar-refractivity contribution in [2.75, 3.05) is 5.32 Å². The molecular weight excluding hydrogens is 411 g/mol. The summed E-state index contributed by atoms with van der Waals surface area (Å²) in [5.41, 5.74) is 1.07. The summed E-state index contributed by atoms with van der Waals surface area (Å²) >= 11 is 7.30. The van der Waals surface area contributed by atoms with E-state index >= 15 is 0 Å². The number of nitriles is 1. The molecule has 0 saturated heterocycles. The lowest BCUT2D eigenvalue weighted by atomic mass is 10.3. The number of nitrogens with zero attached hydrogens (tertiary/aromatic N) is 1. The minimum Gasteiger partial charge on any atom is -0.380 e. The minimum absolute atomic E-state index is 0.749. The molecule has 1 aromatic heterocycles. The summed E-state index contributed by atoms with van der Waals surface area (Å²) in [6.45, 7) is 0.749. The Morgan fingerprint density at radius 2 is 2.18 bits per heavy atom. The van der Waals surface area contributed by atoms with Gasteiger partial charge in [0.1, 0.15) is 10.9 Å². The van der Waals surface area contributed by atoms with E-state index in [9.17, 15) is 0 Å². The Balaban J connectivity index is 2.02. The van der Waals surface area contributed by atoms with Crippen LogP contribution in [-0.2, 0) is 6.54 Å². The highest BCUT2D eigenvalue weighted by atomic mass is 127. The van der Waals surface area contributed by atoms with Crippen LogP contribution in [0.5, 0.6) is 0 Å². The summed E-state index contributed by atoms with van der Waals surface area (Å²) in [4.78, 5) is 1.92. The van der Waals surface area contributed by atoms with Gasteiger partial charge in [0, 0.05) is 25.2 Å². The zero-order valence-corrected chi connectivity index (χ0v) is 13.3. The van der Waals surface area contributed by atoms with Gasteiger partial charge in [-0.1, -0.05) is 0 Å². The summed E-state index contributed by atoms with van der Waals surface area (Å²) < 4.78 is 2.28. The van der Waals surface area contributed by atoms with Gasteiger partial charge in [0.25, 0.3) is 0 Å². The van der Waals surface area contributed by atoms with Crippen molar-refractivity contribution in [1.82, 2.24) is 0 Å². The number of halogens is 2. The number of thiophene rings is 1. The highest BCUT2D eigenvalue weighted by Crippen LogP contribution is 2.24. The average molecular weight is 419 g/mol. The first-order valence-electron chi connectivity index (χ1n) is 4.87. The van der Waals surface area contributed by atoms with E-state index in [2.05, 4.69) is 62.0 Å². The zero-order chi connectivity index (χ0) is 12.3. The van der Waals surface area contributed by atoms with Crippen LogP contribution in [0.15, 0.2) is 34.8 Å². The Morgan fingerprint density at radius 3 is 2.82 bits per heavy atom. The quantitative estimate of drug-likeness (QED) is 0.739. The molecule has 0 spiro atoms. The molecule has 2 nitrogen and oxygen atoms in total. The molecule has 0 saturated carbocycles. The maximum atomic E-state index is 8.74. The molecular formula is C12H8BrIN2S. The van der Waals surface area contributed by atoms with Crippen molar-refractivity contribution in [3.05, 3.63) is 48.1 Å². The predicted octanol–water partition coefficient (Wildman–Crippen LogP) is 4.60. The lowest BCUT2D eigenvalue weighted by Crippen LogP contribution is -1.97. The van der Waals surface area contributed by atoms with Crippen LogP contribution in [0.4, 0.5) is 5.69 Å². The van der Waals surface area contributed by atoms with Gasteiger partial charge in [0.2, 0.25) is 0 Å². The van der Waals surface area contributed by atoms with Crippen molar-refractivity contribution in [3.8, 4) is 6.07 Å². The summed E-state index contributed by atoms with van der Waals surface area (Å²) in [6, 6.07) is 12.1. The van der Waals surface area contributed by atoms with Gasteiger partial charge in [-0.2, -0.15) is 5.26 Å². The average Bonchev–Trinajstić information content (AvgIpc) is 2.79. The molecule has 1 heterocycles. The second-order valence-corrected chi connectivity index (χ2v) is 6.55. The molecule has 1 N–H and O–H groups in total. The number of benzene rings is 1. The standard InChI is InChI=1S/C12H8BrIN2S/c13-11-5-8(1-4-12(11)14)16-7-10-3-2-9(6-15)17-10/h1-5,16H,7H2. The monoisotopic (exact) mass is 418 g/mol. The van der Waals surface area contributed by atoms with E-state index in [1.807, 2.05) is 18.2 Å². The molecule has 5 heteroatoms. The molecule has 2 rings (SSSR count). The van der Waals surface area contributed by atoms with Crippen molar-refractivity contribution in [1.29, 1.82) is 5.26 Å². The zero-order valence-electron chi connectivity index (χ0n) is 8.71. The Morgan fingerprint density at radius 1 is 1.35 bits per heavy atom. The van der Waals surface area contributed by atoms with Crippen molar-refractivity contribution in [3.63, 3.8) is 0 Å². The molecule has 17 heavy (non-hydrogen) atoms. The molecule has 1 aromatic carbocycles.